The molecule has 0 aromatic heterocycles. The third kappa shape index (κ3) is 5.72. The van der Waals surface area contributed by atoms with Gasteiger partial charge >= 0.3 is 0 Å². The molecule has 152 valence electrons. The van der Waals surface area contributed by atoms with Crippen LogP contribution < -0.4 is 4.74 Å². The van der Waals surface area contributed by atoms with Crippen molar-refractivity contribution in [2.45, 2.75) is 13.0 Å². The van der Waals surface area contributed by atoms with Crippen LogP contribution in [0.5, 0.6) is 5.75 Å². The maximum absolute atomic E-state index is 12.5. The Morgan fingerprint density at radius 1 is 1.10 bits per heavy atom. The molecule has 5 nitrogen and oxygen atoms in total. The average Bonchev–Trinajstić information content (AvgIpc) is 2.95. The summed E-state index contributed by atoms with van der Waals surface area (Å²) in [5.41, 5.74) is 1.86. The highest BCUT2D eigenvalue weighted by Crippen LogP contribution is 2.38. The molecule has 1 aliphatic heterocycles. The van der Waals surface area contributed by atoms with Gasteiger partial charge in [-0.1, -0.05) is 30.3 Å². The fourth-order valence-corrected chi connectivity index (χ4v) is 5.06. The quantitative estimate of drug-likeness (QED) is 0.310. The van der Waals surface area contributed by atoms with Crippen LogP contribution in [0.4, 0.5) is 4.79 Å². The Morgan fingerprint density at radius 2 is 1.79 bits per heavy atom. The predicted molar refractivity (Wildman–Crippen MR) is 122 cm³/mol. The Labute approximate surface area is 190 Å². The Morgan fingerprint density at radius 3 is 2.45 bits per heavy atom. The lowest BCUT2D eigenvalue weighted by Gasteiger charge is -2.12. The van der Waals surface area contributed by atoms with Crippen LogP contribution in [0.2, 0.25) is 0 Å². The Balaban J connectivity index is 1.73. The number of hydrogen-bond acceptors (Lipinski definition) is 5. The molecule has 0 bridgehead atoms. The molecule has 0 spiro atoms. The Hall–Kier alpha value is -1.61. The standard InChI is InChI=1S/C21H19Br2NO4S/c1-27-9-5-8-24-20(25)18(29-21(24)26)12-15-10-16(22)19(17(23)11-15)28-13-14-6-3-2-4-7-14/h2-4,6-7,10-12H,5,8-9,13H2,1H3/b18-12+. The minimum Gasteiger partial charge on any atom is -0.487 e. The lowest BCUT2D eigenvalue weighted by Crippen LogP contribution is -2.29. The summed E-state index contributed by atoms with van der Waals surface area (Å²) in [6, 6.07) is 13.6. The molecule has 0 atom stereocenters. The van der Waals surface area contributed by atoms with Gasteiger partial charge in [-0.3, -0.25) is 14.5 Å². The first-order valence-corrected chi connectivity index (χ1v) is 11.3. The van der Waals surface area contributed by atoms with E-state index in [1.807, 2.05) is 42.5 Å². The van der Waals surface area contributed by atoms with Crippen LogP contribution in [-0.2, 0) is 16.1 Å². The zero-order chi connectivity index (χ0) is 20.8. The highest BCUT2D eigenvalue weighted by molar-refractivity contribution is 9.11. The van der Waals surface area contributed by atoms with E-state index in [-0.39, 0.29) is 11.1 Å². The van der Waals surface area contributed by atoms with Gasteiger partial charge in [-0.25, -0.2) is 0 Å². The number of thioether (sulfide) groups is 1. The summed E-state index contributed by atoms with van der Waals surface area (Å²) in [6.07, 6.45) is 2.34. The minimum absolute atomic E-state index is 0.252. The molecular weight excluding hydrogens is 522 g/mol. The topological polar surface area (TPSA) is 55.8 Å². The third-order valence-electron chi connectivity index (χ3n) is 4.15. The smallest absolute Gasteiger partial charge is 0.293 e. The van der Waals surface area contributed by atoms with Crippen molar-refractivity contribution < 1.29 is 19.1 Å². The second kappa shape index (κ2) is 10.4. The van der Waals surface area contributed by atoms with Crippen LogP contribution in [0.25, 0.3) is 6.08 Å². The Kier molecular flexibility index (Phi) is 7.94. The zero-order valence-corrected chi connectivity index (χ0v) is 19.7. The van der Waals surface area contributed by atoms with Crippen LogP contribution >= 0.6 is 43.6 Å². The molecule has 0 N–H and O–H groups in total. The summed E-state index contributed by atoms with van der Waals surface area (Å²) in [5.74, 6) is 0.409. The van der Waals surface area contributed by atoms with Gasteiger partial charge in [0.1, 0.15) is 12.4 Å². The first kappa shape index (κ1) is 22.1. The van der Waals surface area contributed by atoms with E-state index in [0.717, 1.165) is 31.8 Å². The van der Waals surface area contributed by atoms with Crippen molar-refractivity contribution in [2.24, 2.45) is 0 Å². The molecule has 0 unspecified atom stereocenters. The van der Waals surface area contributed by atoms with E-state index >= 15 is 0 Å². The Bertz CT molecular complexity index is 911. The van der Waals surface area contributed by atoms with E-state index in [1.54, 1.807) is 13.2 Å². The predicted octanol–water partition coefficient (Wildman–Crippen LogP) is 5.86. The van der Waals surface area contributed by atoms with E-state index in [1.165, 1.54) is 4.90 Å². The molecule has 0 aliphatic carbocycles. The van der Waals surface area contributed by atoms with Gasteiger partial charge in [0.05, 0.1) is 13.9 Å². The van der Waals surface area contributed by atoms with Crippen molar-refractivity contribution in [3.63, 3.8) is 0 Å². The van der Waals surface area contributed by atoms with Crippen molar-refractivity contribution >= 4 is 60.8 Å². The molecule has 8 heteroatoms. The van der Waals surface area contributed by atoms with Gasteiger partial charge in [0.15, 0.2) is 0 Å². The van der Waals surface area contributed by atoms with E-state index in [9.17, 15) is 9.59 Å². The lowest BCUT2D eigenvalue weighted by atomic mass is 10.2. The van der Waals surface area contributed by atoms with Gasteiger partial charge in [-0.2, -0.15) is 0 Å². The number of nitrogens with zero attached hydrogens (tertiary/aromatic N) is 1. The molecule has 1 saturated heterocycles. The molecule has 2 aromatic rings. The van der Waals surface area contributed by atoms with Gasteiger partial charge in [0, 0.05) is 20.3 Å². The van der Waals surface area contributed by atoms with Gasteiger partial charge in [-0.05, 0) is 79.4 Å². The van der Waals surface area contributed by atoms with Crippen LogP contribution in [-0.4, -0.2) is 36.3 Å². The first-order chi connectivity index (χ1) is 14.0. The van der Waals surface area contributed by atoms with Crippen molar-refractivity contribution in [1.82, 2.24) is 4.90 Å². The summed E-state index contributed by atoms with van der Waals surface area (Å²) in [4.78, 5) is 26.3. The van der Waals surface area contributed by atoms with E-state index in [4.69, 9.17) is 9.47 Å². The fraction of sp³-hybridized carbons (Fsp3) is 0.238. The van der Waals surface area contributed by atoms with Crippen molar-refractivity contribution in [2.75, 3.05) is 20.3 Å². The molecule has 29 heavy (non-hydrogen) atoms. The first-order valence-electron chi connectivity index (χ1n) is 8.89. The van der Waals surface area contributed by atoms with E-state index in [2.05, 4.69) is 31.9 Å². The summed E-state index contributed by atoms with van der Waals surface area (Å²) < 4.78 is 12.4. The highest BCUT2D eigenvalue weighted by atomic mass is 79.9. The second-order valence-electron chi connectivity index (χ2n) is 6.27. The van der Waals surface area contributed by atoms with E-state index < -0.39 is 0 Å². The summed E-state index contributed by atoms with van der Waals surface area (Å²) >= 11 is 8.02. The fourth-order valence-electron chi connectivity index (χ4n) is 2.74. The summed E-state index contributed by atoms with van der Waals surface area (Å²) in [5, 5.41) is -0.252. The molecule has 1 aliphatic rings. The number of benzene rings is 2. The summed E-state index contributed by atoms with van der Waals surface area (Å²) in [7, 11) is 1.59. The number of halogens is 2. The number of methoxy groups -OCH3 is 1. The molecule has 0 saturated carbocycles. The molecular formula is C21H19Br2NO4S. The van der Waals surface area contributed by atoms with Gasteiger partial charge in [0.25, 0.3) is 11.1 Å². The summed E-state index contributed by atoms with van der Waals surface area (Å²) in [6.45, 7) is 1.30. The third-order valence-corrected chi connectivity index (χ3v) is 6.23. The number of imide groups is 1. The molecule has 1 fully saturated rings. The van der Waals surface area contributed by atoms with Crippen molar-refractivity contribution in [3.05, 3.63) is 67.4 Å². The number of ether oxygens (including phenoxy) is 2. The van der Waals surface area contributed by atoms with Crippen molar-refractivity contribution in [1.29, 1.82) is 0 Å². The zero-order valence-electron chi connectivity index (χ0n) is 15.7. The second-order valence-corrected chi connectivity index (χ2v) is 8.97. The normalized spacial score (nSPS) is 15.4. The number of carbonyl (C=O) groups is 2. The average molecular weight is 541 g/mol. The molecule has 2 amide bonds. The van der Waals surface area contributed by atoms with Crippen molar-refractivity contribution in [3.8, 4) is 5.75 Å². The highest BCUT2D eigenvalue weighted by Gasteiger charge is 2.34. The van der Waals surface area contributed by atoms with Crippen LogP contribution in [0.15, 0.2) is 56.3 Å². The van der Waals surface area contributed by atoms with Gasteiger partial charge in [0.2, 0.25) is 0 Å². The van der Waals surface area contributed by atoms with Crippen LogP contribution in [0, 0.1) is 0 Å². The monoisotopic (exact) mass is 539 g/mol. The van der Waals surface area contributed by atoms with Crippen LogP contribution in [0.1, 0.15) is 17.5 Å². The molecule has 1 heterocycles. The van der Waals surface area contributed by atoms with Gasteiger partial charge in [-0.15, -0.1) is 0 Å². The van der Waals surface area contributed by atoms with Crippen LogP contribution in [0.3, 0.4) is 0 Å². The maximum Gasteiger partial charge on any atom is 0.293 e. The largest absolute Gasteiger partial charge is 0.487 e. The SMILES string of the molecule is COCCCN1C(=O)S/C(=C/c2cc(Br)c(OCc3ccccc3)c(Br)c2)C1=O. The number of amides is 2. The maximum atomic E-state index is 12.5. The molecule has 0 radical (unpaired) electrons. The van der Waals surface area contributed by atoms with E-state index in [0.29, 0.717) is 36.8 Å². The molecule has 2 aromatic carbocycles. The lowest BCUT2D eigenvalue weighted by molar-refractivity contribution is -0.122. The van der Waals surface area contributed by atoms with Gasteiger partial charge < -0.3 is 9.47 Å². The molecule has 3 rings (SSSR count). The number of carbonyl (C=O) groups excluding carboxylic acids is 2. The number of hydrogen-bond donors (Lipinski definition) is 0. The minimum atomic E-state index is -0.271. The number of rotatable bonds is 8.